The van der Waals surface area contributed by atoms with Crippen LogP contribution in [0.15, 0.2) is 60.7 Å². The molecule has 2 aliphatic heterocycles. The van der Waals surface area contributed by atoms with Crippen molar-refractivity contribution in [1.29, 1.82) is 0 Å². The lowest BCUT2D eigenvalue weighted by atomic mass is 9.93. The zero-order valence-corrected chi connectivity index (χ0v) is 17.6. The molecule has 2 heterocycles. The lowest BCUT2D eigenvalue weighted by Crippen LogP contribution is -2.57. The summed E-state index contributed by atoms with van der Waals surface area (Å²) in [4.78, 5) is 41.6. The third-order valence-corrected chi connectivity index (χ3v) is 6.11. The van der Waals surface area contributed by atoms with Crippen molar-refractivity contribution in [3.05, 3.63) is 71.8 Å². The number of ether oxygens (including phenoxy) is 1. The molecule has 3 atom stereocenters. The maximum atomic E-state index is 13.1. The van der Waals surface area contributed by atoms with Crippen LogP contribution in [0.2, 0.25) is 0 Å². The number of amides is 3. The number of benzene rings is 2. The SMILES string of the molecule is COC(=O)[C@H]1C[C@H]2CN(C(=O)NCCc3ccccc3)CC(=O)N2[C@H]1c1ccccc1. The Labute approximate surface area is 182 Å². The fraction of sp³-hybridized carbons (Fsp3) is 0.375. The first-order valence-electron chi connectivity index (χ1n) is 10.6. The third kappa shape index (κ3) is 4.40. The standard InChI is InChI=1S/C24H27N3O4/c1-31-23(29)20-14-19-15-26(24(30)25-13-12-17-8-4-2-5-9-17)16-21(28)27(19)22(20)18-10-6-3-7-11-18/h2-11,19-20,22H,12-16H2,1H3,(H,25,30)/t19-,20-,22-/m0/s1. The Balaban J connectivity index is 1.44. The fourth-order valence-corrected chi connectivity index (χ4v) is 4.69. The van der Waals surface area contributed by atoms with E-state index in [1.165, 1.54) is 7.11 Å². The zero-order valence-electron chi connectivity index (χ0n) is 17.6. The number of rotatable bonds is 5. The van der Waals surface area contributed by atoms with Gasteiger partial charge in [-0.25, -0.2) is 4.79 Å². The van der Waals surface area contributed by atoms with Crippen LogP contribution in [0.3, 0.4) is 0 Å². The molecular formula is C24H27N3O4. The minimum Gasteiger partial charge on any atom is -0.469 e. The largest absolute Gasteiger partial charge is 0.469 e. The minimum absolute atomic E-state index is 0.00486. The molecule has 0 spiro atoms. The molecule has 2 saturated heterocycles. The molecule has 2 fully saturated rings. The van der Waals surface area contributed by atoms with Gasteiger partial charge in [0, 0.05) is 13.1 Å². The van der Waals surface area contributed by atoms with E-state index in [4.69, 9.17) is 4.74 Å². The smallest absolute Gasteiger partial charge is 0.317 e. The number of hydrogen-bond donors (Lipinski definition) is 1. The summed E-state index contributed by atoms with van der Waals surface area (Å²) in [6.07, 6.45) is 1.20. The van der Waals surface area contributed by atoms with Crippen LogP contribution in [-0.2, 0) is 20.7 Å². The Kier molecular flexibility index (Phi) is 6.21. The molecule has 2 aliphatic rings. The highest BCUT2D eigenvalue weighted by Gasteiger charge is 2.51. The molecule has 1 N–H and O–H groups in total. The van der Waals surface area contributed by atoms with Gasteiger partial charge in [-0.3, -0.25) is 9.59 Å². The molecule has 2 aromatic carbocycles. The van der Waals surface area contributed by atoms with Crippen LogP contribution in [0.1, 0.15) is 23.6 Å². The second kappa shape index (κ2) is 9.20. The summed E-state index contributed by atoms with van der Waals surface area (Å²) in [6.45, 7) is 0.907. The summed E-state index contributed by atoms with van der Waals surface area (Å²) in [5.41, 5.74) is 2.06. The molecule has 0 aromatic heterocycles. The number of fused-ring (bicyclic) bond motifs is 1. The number of carbonyl (C=O) groups excluding carboxylic acids is 3. The van der Waals surface area contributed by atoms with Crippen LogP contribution >= 0.6 is 0 Å². The predicted molar refractivity (Wildman–Crippen MR) is 115 cm³/mol. The molecule has 7 heteroatoms. The molecule has 4 rings (SSSR count). The van der Waals surface area contributed by atoms with Crippen LogP contribution in [0.5, 0.6) is 0 Å². The van der Waals surface area contributed by atoms with E-state index < -0.39 is 5.92 Å². The van der Waals surface area contributed by atoms with Gasteiger partial charge in [0.15, 0.2) is 0 Å². The number of hydrogen-bond acceptors (Lipinski definition) is 4. The van der Waals surface area contributed by atoms with Crippen LogP contribution in [-0.4, -0.2) is 60.5 Å². The molecule has 3 amide bonds. The highest BCUT2D eigenvalue weighted by atomic mass is 16.5. The van der Waals surface area contributed by atoms with Crippen molar-refractivity contribution in [2.75, 3.05) is 26.7 Å². The summed E-state index contributed by atoms with van der Waals surface area (Å²) in [6, 6.07) is 18.7. The first-order chi connectivity index (χ1) is 15.1. The van der Waals surface area contributed by atoms with Crippen LogP contribution in [0.4, 0.5) is 4.79 Å². The van der Waals surface area contributed by atoms with Crippen molar-refractivity contribution in [1.82, 2.24) is 15.1 Å². The van der Waals surface area contributed by atoms with Crippen LogP contribution in [0.25, 0.3) is 0 Å². The zero-order chi connectivity index (χ0) is 21.8. The normalized spacial score (nSPS) is 22.7. The molecule has 0 bridgehead atoms. The van der Waals surface area contributed by atoms with Crippen LogP contribution in [0, 0.1) is 5.92 Å². The summed E-state index contributed by atoms with van der Waals surface area (Å²) in [5, 5.41) is 2.91. The highest BCUT2D eigenvalue weighted by Crippen LogP contribution is 2.43. The average molecular weight is 421 g/mol. The van der Waals surface area contributed by atoms with Crippen molar-refractivity contribution in [2.45, 2.75) is 24.9 Å². The number of esters is 1. The van der Waals surface area contributed by atoms with Gasteiger partial charge in [0.1, 0.15) is 6.54 Å². The van der Waals surface area contributed by atoms with E-state index in [-0.39, 0.29) is 36.5 Å². The second-order valence-corrected chi connectivity index (χ2v) is 8.02. The van der Waals surface area contributed by atoms with Gasteiger partial charge in [-0.05, 0) is 24.0 Å². The number of carbonyl (C=O) groups is 3. The van der Waals surface area contributed by atoms with Gasteiger partial charge < -0.3 is 19.9 Å². The first kappa shape index (κ1) is 20.9. The quantitative estimate of drug-likeness (QED) is 0.752. The van der Waals surface area contributed by atoms with Gasteiger partial charge in [0.25, 0.3) is 0 Å². The molecule has 0 aliphatic carbocycles. The van der Waals surface area contributed by atoms with Crippen molar-refractivity contribution in [3.63, 3.8) is 0 Å². The molecular weight excluding hydrogens is 394 g/mol. The Bertz CT molecular complexity index is 934. The Morgan fingerprint density at radius 1 is 1.06 bits per heavy atom. The van der Waals surface area contributed by atoms with E-state index in [0.29, 0.717) is 19.5 Å². The average Bonchev–Trinajstić information content (AvgIpc) is 3.20. The summed E-state index contributed by atoms with van der Waals surface area (Å²) >= 11 is 0. The van der Waals surface area contributed by atoms with Crippen molar-refractivity contribution in [3.8, 4) is 0 Å². The van der Waals surface area contributed by atoms with E-state index in [2.05, 4.69) is 5.32 Å². The molecule has 7 nitrogen and oxygen atoms in total. The third-order valence-electron chi connectivity index (χ3n) is 6.11. The van der Waals surface area contributed by atoms with E-state index in [9.17, 15) is 14.4 Å². The lowest BCUT2D eigenvalue weighted by molar-refractivity contribution is -0.147. The Morgan fingerprint density at radius 2 is 1.74 bits per heavy atom. The van der Waals surface area contributed by atoms with Gasteiger partial charge in [0.2, 0.25) is 5.91 Å². The van der Waals surface area contributed by atoms with Crippen molar-refractivity contribution < 1.29 is 19.1 Å². The first-order valence-corrected chi connectivity index (χ1v) is 10.6. The van der Waals surface area contributed by atoms with Crippen molar-refractivity contribution >= 4 is 17.9 Å². The maximum absolute atomic E-state index is 13.1. The highest BCUT2D eigenvalue weighted by molar-refractivity contribution is 5.87. The number of methoxy groups -OCH3 is 1. The van der Waals surface area contributed by atoms with Gasteiger partial charge in [-0.1, -0.05) is 60.7 Å². The van der Waals surface area contributed by atoms with E-state index in [1.54, 1.807) is 9.80 Å². The van der Waals surface area contributed by atoms with Gasteiger partial charge >= 0.3 is 12.0 Å². The molecule has 2 aromatic rings. The van der Waals surface area contributed by atoms with Gasteiger partial charge in [0.05, 0.1) is 25.1 Å². The molecule has 0 saturated carbocycles. The molecule has 0 radical (unpaired) electrons. The topological polar surface area (TPSA) is 79.0 Å². The summed E-state index contributed by atoms with van der Waals surface area (Å²) < 4.78 is 5.03. The molecule has 0 unspecified atom stereocenters. The van der Waals surface area contributed by atoms with E-state index in [0.717, 1.165) is 17.5 Å². The molecule has 162 valence electrons. The second-order valence-electron chi connectivity index (χ2n) is 8.02. The number of urea groups is 1. The summed E-state index contributed by atoms with van der Waals surface area (Å²) in [5.74, 6) is -0.910. The predicted octanol–water partition coefficient (Wildman–Crippen LogP) is 2.39. The van der Waals surface area contributed by atoms with Crippen molar-refractivity contribution in [2.24, 2.45) is 5.92 Å². The fourth-order valence-electron chi connectivity index (χ4n) is 4.69. The number of piperazine rings is 1. The Hall–Kier alpha value is -3.35. The van der Waals surface area contributed by atoms with Gasteiger partial charge in [-0.2, -0.15) is 0 Å². The lowest BCUT2D eigenvalue weighted by Gasteiger charge is -2.40. The van der Waals surface area contributed by atoms with E-state index >= 15 is 0 Å². The molecule has 31 heavy (non-hydrogen) atoms. The minimum atomic E-state index is -0.442. The monoisotopic (exact) mass is 421 g/mol. The van der Waals surface area contributed by atoms with E-state index in [1.807, 2.05) is 60.7 Å². The maximum Gasteiger partial charge on any atom is 0.317 e. The number of nitrogens with one attached hydrogen (secondary N) is 1. The summed E-state index contributed by atoms with van der Waals surface area (Å²) in [7, 11) is 1.37. The van der Waals surface area contributed by atoms with Gasteiger partial charge in [-0.15, -0.1) is 0 Å². The Morgan fingerprint density at radius 3 is 2.42 bits per heavy atom. The number of nitrogens with zero attached hydrogens (tertiary/aromatic N) is 2. The van der Waals surface area contributed by atoms with Crippen LogP contribution < -0.4 is 5.32 Å².